The molecule has 4 saturated carbocycles. The van der Waals surface area contributed by atoms with Crippen molar-refractivity contribution >= 4 is 23.4 Å². The monoisotopic (exact) mass is 428 g/mol. The van der Waals surface area contributed by atoms with E-state index in [2.05, 4.69) is 10.3 Å². The molecule has 2 N–H and O–H groups in total. The summed E-state index contributed by atoms with van der Waals surface area (Å²) >= 11 is 0. The van der Waals surface area contributed by atoms with Crippen LogP contribution in [0.3, 0.4) is 0 Å². The summed E-state index contributed by atoms with van der Waals surface area (Å²) in [7, 11) is 0. The molecule has 0 unspecified atom stereocenters. The third-order valence-electron chi connectivity index (χ3n) is 7.63. The molecule has 0 aromatic carbocycles. The Morgan fingerprint density at radius 1 is 1.06 bits per heavy atom. The van der Waals surface area contributed by atoms with Crippen LogP contribution < -0.4 is 5.32 Å². The molecule has 4 fully saturated rings. The van der Waals surface area contributed by atoms with Gasteiger partial charge in [0.1, 0.15) is 6.04 Å². The molecule has 5 rings (SSSR count). The molecule has 1 aromatic heterocycles. The molecule has 0 saturated heterocycles. The molecular formula is C24H32N2O5. The second-order valence-electron chi connectivity index (χ2n) is 10.1. The average molecular weight is 429 g/mol. The number of carbonyl (C=O) groups excluding carboxylic acids is 4. The van der Waals surface area contributed by atoms with Crippen molar-refractivity contribution in [2.45, 2.75) is 72.3 Å². The highest BCUT2D eigenvalue weighted by molar-refractivity contribution is 6.04. The number of esters is 1. The van der Waals surface area contributed by atoms with Gasteiger partial charge in [-0.05, 0) is 89.5 Å². The van der Waals surface area contributed by atoms with Crippen LogP contribution in [0.15, 0.2) is 0 Å². The molecule has 31 heavy (non-hydrogen) atoms. The van der Waals surface area contributed by atoms with E-state index in [1.807, 2.05) is 0 Å². The first-order valence-corrected chi connectivity index (χ1v) is 11.3. The Hall–Kier alpha value is -2.44. The molecule has 1 atom stereocenters. The molecule has 7 nitrogen and oxygen atoms in total. The highest BCUT2D eigenvalue weighted by atomic mass is 16.5. The van der Waals surface area contributed by atoms with E-state index in [1.165, 1.54) is 26.2 Å². The summed E-state index contributed by atoms with van der Waals surface area (Å²) in [5.74, 6) is 0.741. The number of nitrogens with one attached hydrogen (secondary N) is 2. The fourth-order valence-electron chi connectivity index (χ4n) is 6.69. The number of aromatic nitrogens is 1. The zero-order chi connectivity index (χ0) is 22.5. The van der Waals surface area contributed by atoms with Crippen LogP contribution in [0.2, 0.25) is 0 Å². The van der Waals surface area contributed by atoms with Crippen molar-refractivity contribution in [3.63, 3.8) is 0 Å². The Balaban J connectivity index is 1.33. The van der Waals surface area contributed by atoms with E-state index in [1.54, 1.807) is 20.8 Å². The Kier molecular flexibility index (Phi) is 5.56. The van der Waals surface area contributed by atoms with Crippen molar-refractivity contribution in [3.8, 4) is 0 Å². The third-order valence-corrected chi connectivity index (χ3v) is 7.63. The number of ketones is 2. The lowest BCUT2D eigenvalue weighted by Gasteiger charge is -2.55. The first-order chi connectivity index (χ1) is 14.6. The minimum Gasteiger partial charge on any atom is -0.456 e. The third kappa shape index (κ3) is 3.94. The molecule has 4 bridgehead atoms. The van der Waals surface area contributed by atoms with Gasteiger partial charge in [0.25, 0.3) is 0 Å². The molecular weight excluding hydrogens is 396 g/mol. The Morgan fingerprint density at radius 2 is 1.61 bits per heavy atom. The van der Waals surface area contributed by atoms with Crippen LogP contribution in [-0.2, 0) is 14.3 Å². The van der Waals surface area contributed by atoms with Crippen LogP contribution in [0, 0.1) is 37.0 Å². The summed E-state index contributed by atoms with van der Waals surface area (Å²) in [6.45, 7) is 6.04. The summed E-state index contributed by atoms with van der Waals surface area (Å²) in [5, 5.41) is 2.86. The molecule has 1 aromatic rings. The lowest BCUT2D eigenvalue weighted by molar-refractivity contribution is -0.153. The molecule has 1 heterocycles. The number of aryl methyl sites for hydroxylation is 1. The predicted octanol–water partition coefficient (Wildman–Crippen LogP) is 3.28. The maximum absolute atomic E-state index is 13.1. The SMILES string of the molecule is CC(=O)c1c(C)[nH]c(C(=O)COC(=O)[C@H](C)NC(=O)C23CC4CC(CC(C4)C2)C3)c1C. The van der Waals surface area contributed by atoms with Gasteiger partial charge in [0, 0.05) is 16.7 Å². The van der Waals surface area contributed by atoms with Gasteiger partial charge in [0.15, 0.2) is 12.4 Å². The normalized spacial score (nSPS) is 29.5. The number of hydrogen-bond acceptors (Lipinski definition) is 5. The number of rotatable bonds is 7. The van der Waals surface area contributed by atoms with E-state index >= 15 is 0 Å². The van der Waals surface area contributed by atoms with Crippen LogP contribution in [0.25, 0.3) is 0 Å². The first kappa shape index (κ1) is 21.8. The molecule has 0 radical (unpaired) electrons. The number of amides is 1. The Morgan fingerprint density at radius 3 is 2.10 bits per heavy atom. The molecule has 168 valence electrons. The quantitative estimate of drug-likeness (QED) is 0.512. The van der Waals surface area contributed by atoms with E-state index in [0.717, 1.165) is 19.3 Å². The van der Waals surface area contributed by atoms with Crippen LogP contribution >= 0.6 is 0 Å². The van der Waals surface area contributed by atoms with Crippen LogP contribution in [0.1, 0.15) is 84.5 Å². The number of H-pyrrole nitrogens is 1. The average Bonchev–Trinajstić information content (AvgIpc) is 2.98. The Bertz CT molecular complexity index is 909. The summed E-state index contributed by atoms with van der Waals surface area (Å²) in [5.41, 5.74) is 1.62. The van der Waals surface area contributed by atoms with Crippen molar-refractivity contribution in [2.24, 2.45) is 23.2 Å². The van der Waals surface area contributed by atoms with Crippen molar-refractivity contribution < 1.29 is 23.9 Å². The molecule has 0 spiro atoms. The van der Waals surface area contributed by atoms with Crippen LogP contribution in [-0.4, -0.2) is 41.1 Å². The summed E-state index contributed by atoms with van der Waals surface area (Å²) < 4.78 is 5.20. The van der Waals surface area contributed by atoms with E-state index < -0.39 is 24.4 Å². The highest BCUT2D eigenvalue weighted by Crippen LogP contribution is 2.60. The number of ether oxygens (including phenoxy) is 1. The lowest BCUT2D eigenvalue weighted by Crippen LogP contribution is -2.56. The summed E-state index contributed by atoms with van der Waals surface area (Å²) in [6, 6.07) is -0.812. The molecule has 1 amide bonds. The molecule has 7 heteroatoms. The predicted molar refractivity (Wildman–Crippen MR) is 114 cm³/mol. The van der Waals surface area contributed by atoms with Crippen molar-refractivity contribution in [1.29, 1.82) is 0 Å². The fraction of sp³-hybridized carbons (Fsp3) is 0.667. The fourth-order valence-corrected chi connectivity index (χ4v) is 6.69. The van der Waals surface area contributed by atoms with Gasteiger partial charge >= 0.3 is 5.97 Å². The van der Waals surface area contributed by atoms with E-state index in [0.29, 0.717) is 34.6 Å². The second kappa shape index (κ2) is 7.92. The minimum absolute atomic E-state index is 0.0377. The van der Waals surface area contributed by atoms with Crippen LogP contribution in [0.4, 0.5) is 0 Å². The van der Waals surface area contributed by atoms with Gasteiger partial charge in [-0.3, -0.25) is 14.4 Å². The van der Waals surface area contributed by atoms with Crippen LogP contribution in [0.5, 0.6) is 0 Å². The number of Topliss-reactive ketones (excluding diaryl/α,β-unsaturated/α-hetero) is 2. The maximum atomic E-state index is 13.1. The second-order valence-corrected chi connectivity index (χ2v) is 10.1. The van der Waals surface area contributed by atoms with Gasteiger partial charge in [-0.15, -0.1) is 0 Å². The van der Waals surface area contributed by atoms with Gasteiger partial charge in [0.05, 0.1) is 5.69 Å². The van der Waals surface area contributed by atoms with Gasteiger partial charge < -0.3 is 15.0 Å². The van der Waals surface area contributed by atoms with Crippen molar-refractivity contribution in [1.82, 2.24) is 10.3 Å². The number of hydrogen-bond donors (Lipinski definition) is 2. The van der Waals surface area contributed by atoms with Gasteiger partial charge in [-0.2, -0.15) is 0 Å². The van der Waals surface area contributed by atoms with Gasteiger partial charge in [-0.1, -0.05) is 0 Å². The highest BCUT2D eigenvalue weighted by Gasteiger charge is 2.54. The lowest BCUT2D eigenvalue weighted by atomic mass is 9.49. The van der Waals surface area contributed by atoms with E-state index in [4.69, 9.17) is 4.74 Å². The number of carbonyl (C=O) groups is 4. The van der Waals surface area contributed by atoms with Crippen molar-refractivity contribution in [2.75, 3.05) is 6.61 Å². The maximum Gasteiger partial charge on any atom is 0.328 e. The summed E-state index contributed by atoms with van der Waals surface area (Å²) in [4.78, 5) is 52.8. The molecule has 0 aliphatic heterocycles. The smallest absolute Gasteiger partial charge is 0.328 e. The molecule has 4 aliphatic rings. The van der Waals surface area contributed by atoms with Gasteiger partial charge in [-0.25, -0.2) is 4.79 Å². The van der Waals surface area contributed by atoms with Crippen molar-refractivity contribution in [3.05, 3.63) is 22.5 Å². The minimum atomic E-state index is -0.812. The zero-order valence-electron chi connectivity index (χ0n) is 18.8. The standard InChI is InChI=1S/C24H32N2O5/c1-12-20(15(4)27)13(2)25-21(12)19(28)11-31-22(29)14(3)26-23(30)24-8-16-5-17(9-24)7-18(6-16)10-24/h14,16-18,25H,5-11H2,1-4H3,(H,26,30)/t14-,16?,17?,18?,24?/m0/s1. The molecule has 4 aliphatic carbocycles. The topological polar surface area (TPSA) is 105 Å². The first-order valence-electron chi connectivity index (χ1n) is 11.3. The van der Waals surface area contributed by atoms with Gasteiger partial charge in [0.2, 0.25) is 11.7 Å². The Labute approximate surface area is 182 Å². The largest absolute Gasteiger partial charge is 0.456 e. The van der Waals surface area contributed by atoms with E-state index in [9.17, 15) is 19.2 Å². The summed E-state index contributed by atoms with van der Waals surface area (Å²) in [6.07, 6.45) is 6.51. The zero-order valence-corrected chi connectivity index (χ0v) is 18.8. The number of aromatic amines is 1. The van der Waals surface area contributed by atoms with E-state index in [-0.39, 0.29) is 22.8 Å².